The van der Waals surface area contributed by atoms with Crippen molar-refractivity contribution in [2.45, 2.75) is 38.6 Å². The molecule has 1 amide bonds. The van der Waals surface area contributed by atoms with Crippen molar-refractivity contribution in [3.8, 4) is 0 Å². The van der Waals surface area contributed by atoms with Crippen LogP contribution in [0.25, 0.3) is 11.0 Å². The fourth-order valence-electron chi connectivity index (χ4n) is 4.02. The molecule has 0 spiro atoms. The van der Waals surface area contributed by atoms with Crippen LogP contribution in [0, 0.1) is 0 Å². The molecule has 6 heteroatoms. The second-order valence-electron chi connectivity index (χ2n) is 8.29. The Hall–Kier alpha value is -2.79. The Labute approximate surface area is 175 Å². The first-order valence-corrected chi connectivity index (χ1v) is 10.0. The number of nitrogens with zero attached hydrogens (tertiary/aromatic N) is 2. The highest BCUT2D eigenvalue weighted by atomic mass is 35.5. The summed E-state index contributed by atoms with van der Waals surface area (Å²) >= 11 is 5.98. The maximum atomic E-state index is 12.3. The molecule has 2 heterocycles. The number of fused-ring (bicyclic) bond motifs is 2. The van der Waals surface area contributed by atoms with Crippen LogP contribution in [-0.4, -0.2) is 24.7 Å². The molecule has 4 rings (SSSR count). The number of anilines is 1. The van der Waals surface area contributed by atoms with Crippen molar-refractivity contribution in [3.05, 3.63) is 64.4 Å². The molecule has 0 saturated carbocycles. The Morgan fingerprint density at radius 3 is 2.86 bits per heavy atom. The summed E-state index contributed by atoms with van der Waals surface area (Å²) in [4.78, 5) is 14.7. The van der Waals surface area contributed by atoms with Crippen LogP contribution in [0.5, 0.6) is 0 Å². The van der Waals surface area contributed by atoms with Gasteiger partial charge in [0.25, 0.3) is 0 Å². The third kappa shape index (κ3) is 3.75. The van der Waals surface area contributed by atoms with E-state index in [1.165, 1.54) is 11.3 Å². The summed E-state index contributed by atoms with van der Waals surface area (Å²) in [5.74, 6) is 0.255. The average Bonchev–Trinajstić information content (AvgIpc) is 3.09. The number of nitrogens with one attached hydrogen (secondary N) is 1. The van der Waals surface area contributed by atoms with Crippen LogP contribution in [0.2, 0.25) is 5.02 Å². The molecule has 1 atom stereocenters. The van der Waals surface area contributed by atoms with Crippen LogP contribution < -0.4 is 10.3 Å². The lowest BCUT2D eigenvalue weighted by Gasteiger charge is -2.45. The van der Waals surface area contributed by atoms with Gasteiger partial charge in [0.05, 0.1) is 6.21 Å². The van der Waals surface area contributed by atoms with Crippen LogP contribution in [-0.2, 0) is 0 Å². The molecule has 1 N–H and O–H groups in total. The minimum Gasteiger partial charge on any atom is -0.451 e. The molecule has 2 aromatic carbocycles. The lowest BCUT2D eigenvalue weighted by molar-refractivity contribution is 0.0929. The molecule has 0 bridgehead atoms. The SMILES string of the molecule is C[C@@H]1CC(C)(C)N(C)c2ccc(/C=N\NC(=O)c3cc4cc(Cl)ccc4o3)cc21. The summed E-state index contributed by atoms with van der Waals surface area (Å²) in [6.45, 7) is 6.79. The molecule has 1 aliphatic rings. The molecule has 0 saturated heterocycles. The van der Waals surface area contributed by atoms with Gasteiger partial charge in [0.1, 0.15) is 5.58 Å². The lowest BCUT2D eigenvalue weighted by atomic mass is 9.80. The standard InChI is InChI=1S/C23H24ClN3O2/c1-14-12-23(2,3)27(4)19-7-5-15(9-18(14)19)13-25-26-22(28)21-11-16-10-17(24)6-8-20(16)29-21/h5-11,13-14H,12H2,1-4H3,(H,26,28)/b25-13-/t14-/m1/s1. The molecule has 0 unspecified atom stereocenters. The molecule has 5 nitrogen and oxygen atoms in total. The number of hydrazone groups is 1. The summed E-state index contributed by atoms with van der Waals surface area (Å²) < 4.78 is 5.56. The third-order valence-corrected chi connectivity index (χ3v) is 5.97. The van der Waals surface area contributed by atoms with E-state index in [0.717, 1.165) is 17.4 Å². The quantitative estimate of drug-likeness (QED) is 0.454. The van der Waals surface area contributed by atoms with Gasteiger partial charge in [-0.25, -0.2) is 5.43 Å². The molecule has 0 radical (unpaired) electrons. The number of carbonyl (C=O) groups excluding carboxylic acids is 1. The maximum Gasteiger partial charge on any atom is 0.307 e. The van der Waals surface area contributed by atoms with Gasteiger partial charge in [0, 0.05) is 28.7 Å². The maximum absolute atomic E-state index is 12.3. The minimum absolute atomic E-state index is 0.132. The average molecular weight is 410 g/mol. The van der Waals surface area contributed by atoms with Gasteiger partial charge in [0.2, 0.25) is 0 Å². The van der Waals surface area contributed by atoms with Crippen LogP contribution in [0.3, 0.4) is 0 Å². The fourth-order valence-corrected chi connectivity index (χ4v) is 4.20. The van der Waals surface area contributed by atoms with Crippen LogP contribution in [0.1, 0.15) is 54.8 Å². The van der Waals surface area contributed by atoms with Gasteiger partial charge >= 0.3 is 5.91 Å². The number of benzene rings is 2. The predicted octanol–water partition coefficient (Wildman–Crippen LogP) is 5.57. The second kappa shape index (κ2) is 7.23. The third-order valence-electron chi connectivity index (χ3n) is 5.74. The van der Waals surface area contributed by atoms with Gasteiger partial charge < -0.3 is 9.32 Å². The first-order valence-electron chi connectivity index (χ1n) is 9.65. The molecule has 0 fully saturated rings. The number of rotatable bonds is 3. The number of carbonyl (C=O) groups is 1. The summed E-state index contributed by atoms with van der Waals surface area (Å²) in [5.41, 5.74) is 6.76. The second-order valence-corrected chi connectivity index (χ2v) is 8.72. The van der Waals surface area contributed by atoms with Gasteiger partial charge in [0.15, 0.2) is 5.76 Å². The highest BCUT2D eigenvalue weighted by Crippen LogP contribution is 2.42. The number of hydrogen-bond donors (Lipinski definition) is 1. The van der Waals surface area contributed by atoms with Crippen molar-refractivity contribution in [2.24, 2.45) is 5.10 Å². The molecule has 0 aliphatic carbocycles. The first kappa shape index (κ1) is 19.5. The molecular formula is C23H24ClN3O2. The monoisotopic (exact) mass is 409 g/mol. The van der Waals surface area contributed by atoms with Gasteiger partial charge in [-0.3, -0.25) is 4.79 Å². The van der Waals surface area contributed by atoms with Crippen LogP contribution in [0.15, 0.2) is 52.0 Å². The summed E-state index contributed by atoms with van der Waals surface area (Å²) in [7, 11) is 2.14. The lowest BCUT2D eigenvalue weighted by Crippen LogP contribution is -2.45. The van der Waals surface area contributed by atoms with Crippen molar-refractivity contribution < 1.29 is 9.21 Å². The van der Waals surface area contributed by atoms with E-state index in [2.05, 4.69) is 55.4 Å². The Morgan fingerprint density at radius 2 is 2.07 bits per heavy atom. The molecule has 29 heavy (non-hydrogen) atoms. The fraction of sp³-hybridized carbons (Fsp3) is 0.304. The van der Waals surface area contributed by atoms with Crippen molar-refractivity contribution in [2.75, 3.05) is 11.9 Å². The molecular weight excluding hydrogens is 386 g/mol. The van der Waals surface area contributed by atoms with Crippen molar-refractivity contribution in [1.29, 1.82) is 0 Å². The van der Waals surface area contributed by atoms with Crippen molar-refractivity contribution >= 4 is 40.4 Å². The van der Waals surface area contributed by atoms with Crippen molar-refractivity contribution in [1.82, 2.24) is 5.43 Å². The summed E-state index contributed by atoms with van der Waals surface area (Å²) in [6, 6.07) is 13.2. The van der Waals surface area contributed by atoms with E-state index in [4.69, 9.17) is 16.0 Å². The van der Waals surface area contributed by atoms with Crippen LogP contribution in [0.4, 0.5) is 5.69 Å². The normalized spacial score (nSPS) is 18.2. The Balaban J connectivity index is 1.49. The van der Waals surface area contributed by atoms with Crippen molar-refractivity contribution in [3.63, 3.8) is 0 Å². The predicted molar refractivity (Wildman–Crippen MR) is 118 cm³/mol. The highest BCUT2D eigenvalue weighted by Gasteiger charge is 2.33. The zero-order valence-corrected chi connectivity index (χ0v) is 17.7. The highest BCUT2D eigenvalue weighted by molar-refractivity contribution is 6.31. The molecule has 1 aromatic heterocycles. The van der Waals surface area contributed by atoms with E-state index in [9.17, 15) is 4.79 Å². The van der Waals surface area contributed by atoms with E-state index >= 15 is 0 Å². The van der Waals surface area contributed by atoms with Gasteiger partial charge in [-0.1, -0.05) is 24.6 Å². The van der Waals surface area contributed by atoms with E-state index in [1.54, 1.807) is 30.5 Å². The van der Waals surface area contributed by atoms with Gasteiger partial charge in [-0.2, -0.15) is 5.10 Å². The summed E-state index contributed by atoms with van der Waals surface area (Å²) in [5, 5.41) is 5.48. The topological polar surface area (TPSA) is 57.8 Å². The van der Waals surface area contributed by atoms with Gasteiger partial charge in [-0.05, 0) is 73.7 Å². The molecule has 3 aromatic rings. The van der Waals surface area contributed by atoms with Crippen LogP contribution >= 0.6 is 11.6 Å². The zero-order chi connectivity index (χ0) is 20.8. The number of halogens is 1. The Morgan fingerprint density at radius 1 is 1.28 bits per heavy atom. The number of amides is 1. The number of hydrogen-bond acceptors (Lipinski definition) is 4. The zero-order valence-electron chi connectivity index (χ0n) is 17.0. The van der Waals surface area contributed by atoms with E-state index in [1.807, 2.05) is 6.07 Å². The summed E-state index contributed by atoms with van der Waals surface area (Å²) in [6.07, 6.45) is 2.74. The molecule has 150 valence electrons. The van der Waals surface area contributed by atoms with E-state index in [-0.39, 0.29) is 11.3 Å². The molecule has 1 aliphatic heterocycles. The van der Waals surface area contributed by atoms with Gasteiger partial charge in [-0.15, -0.1) is 0 Å². The van der Waals surface area contributed by atoms with E-state index < -0.39 is 5.91 Å². The number of furan rings is 1. The Bertz CT molecular complexity index is 1120. The smallest absolute Gasteiger partial charge is 0.307 e. The first-order chi connectivity index (χ1) is 13.7. The van der Waals surface area contributed by atoms with E-state index in [0.29, 0.717) is 16.5 Å². The Kier molecular flexibility index (Phi) is 4.87. The minimum atomic E-state index is -0.401. The largest absolute Gasteiger partial charge is 0.451 e.